The van der Waals surface area contributed by atoms with Gasteiger partial charge in [-0.15, -0.1) is 6.16 Å². The fourth-order valence-corrected chi connectivity index (χ4v) is 8.07. The fourth-order valence-electron chi connectivity index (χ4n) is 3.28. The first-order valence-corrected chi connectivity index (χ1v) is 12.5. The fraction of sp³-hybridized carbons (Fsp3) is 0.0357. The minimum atomic E-state index is -0.473. The van der Waals surface area contributed by atoms with Crippen LogP contribution in [0.1, 0.15) is 0 Å². The van der Waals surface area contributed by atoms with Crippen LogP contribution in [0.5, 0.6) is 0 Å². The molecule has 0 nitrogen and oxygen atoms in total. The van der Waals surface area contributed by atoms with E-state index in [1.165, 1.54) is 21.2 Å². The first kappa shape index (κ1) is 27.3. The molecule has 0 aromatic heterocycles. The van der Waals surface area contributed by atoms with E-state index in [4.69, 9.17) is 0 Å². The second-order valence-electron chi connectivity index (χ2n) is 6.51. The molecule has 4 aromatic carbocycles. The maximum atomic E-state index is 2.58. The van der Waals surface area contributed by atoms with Gasteiger partial charge >= 0.3 is 16.5 Å². The zero-order valence-corrected chi connectivity index (χ0v) is 20.8. The van der Waals surface area contributed by atoms with Gasteiger partial charge in [0.2, 0.25) is 0 Å². The summed E-state index contributed by atoms with van der Waals surface area (Å²) in [5.41, 5.74) is 0. The van der Waals surface area contributed by atoms with Crippen LogP contribution in [0.3, 0.4) is 0 Å². The Morgan fingerprint density at radius 3 is 1.06 bits per heavy atom. The van der Waals surface area contributed by atoms with E-state index in [0.717, 1.165) is 6.16 Å². The van der Waals surface area contributed by atoms with Crippen LogP contribution in [-0.2, 0) is 16.5 Å². The molecule has 0 aliphatic rings. The van der Waals surface area contributed by atoms with E-state index in [1.54, 1.807) is 0 Å². The van der Waals surface area contributed by atoms with E-state index in [1.807, 2.05) is 0 Å². The smallest absolute Gasteiger partial charge is 0.358 e. The molecule has 0 fully saturated rings. The predicted molar refractivity (Wildman–Crippen MR) is 140 cm³/mol. The van der Waals surface area contributed by atoms with Crippen molar-refractivity contribution in [2.45, 2.75) is 0 Å². The van der Waals surface area contributed by atoms with Gasteiger partial charge < -0.3 is 14.9 Å². The molecule has 4 aromatic rings. The van der Waals surface area contributed by atoms with E-state index in [0.29, 0.717) is 0 Å². The zero-order valence-electron chi connectivity index (χ0n) is 18.0. The van der Waals surface area contributed by atoms with Crippen LogP contribution in [0, 0.1) is 21.0 Å². The zero-order chi connectivity index (χ0) is 19.0. The Hall–Kier alpha value is -1.77. The minimum Gasteiger partial charge on any atom is -0.358 e. The molecule has 0 unspecified atom stereocenters. The molecule has 4 rings (SSSR count). The van der Waals surface area contributed by atoms with E-state index in [9.17, 15) is 0 Å². The molecule has 0 atom stereocenters. The average Bonchev–Trinajstić information content (AvgIpc) is 2.79. The summed E-state index contributed by atoms with van der Waals surface area (Å²) >= 11 is 0. The second kappa shape index (κ2) is 14.3. The van der Waals surface area contributed by atoms with Crippen molar-refractivity contribution in [2.75, 3.05) is 6.16 Å². The quantitative estimate of drug-likeness (QED) is 0.163. The normalized spacial score (nSPS) is 10.0. The topological polar surface area (TPSA) is 0 Å². The summed E-state index contributed by atoms with van der Waals surface area (Å²) in [6.45, 7) is 0. The van der Waals surface area contributed by atoms with Crippen LogP contribution in [0.25, 0.3) is 0 Å². The molecule has 0 aliphatic carbocycles. The molecule has 31 heavy (non-hydrogen) atoms. The Morgan fingerprint density at radius 2 is 0.742 bits per heavy atom. The SMILES string of the molecule is [CH3-].[CH3-].[Ni+3].c1ccc(P([CH-]CP(c2ccccc2)c2ccccc2)c2ccccc2)cc1. The molecule has 0 amide bonds. The number of hydrogen-bond donors (Lipinski definition) is 0. The molecule has 0 saturated carbocycles. The van der Waals surface area contributed by atoms with Crippen LogP contribution >= 0.6 is 15.8 Å². The third kappa shape index (κ3) is 7.40. The standard InChI is InChI=1S/C26H23P2.2CH3.Ni/c1-5-13-23(14-6-1)27(24-15-7-2-8-16-24)21-22-28(25-17-9-3-10-18-25)26-19-11-4-12-20-26;;;/h1-21H,22H2;2*1H3;/q3*-1;+3. The van der Waals surface area contributed by atoms with Gasteiger partial charge in [0.25, 0.3) is 0 Å². The molecular weight excluding hydrogens is 457 g/mol. The Kier molecular flexibility index (Phi) is 12.6. The largest absolute Gasteiger partial charge is 3.00 e. The van der Waals surface area contributed by atoms with Crippen molar-refractivity contribution in [1.29, 1.82) is 0 Å². The van der Waals surface area contributed by atoms with Crippen LogP contribution in [0.2, 0.25) is 0 Å². The van der Waals surface area contributed by atoms with E-state index in [2.05, 4.69) is 127 Å². The van der Waals surface area contributed by atoms with Gasteiger partial charge in [-0.1, -0.05) is 140 Å². The second-order valence-corrected chi connectivity index (χ2v) is 10.9. The molecule has 161 valence electrons. The van der Waals surface area contributed by atoms with Gasteiger partial charge in [0, 0.05) is 0 Å². The van der Waals surface area contributed by atoms with Gasteiger partial charge in [0.15, 0.2) is 0 Å². The molecule has 0 heterocycles. The maximum Gasteiger partial charge on any atom is 3.00 e. The number of benzene rings is 4. The number of hydrogen-bond acceptors (Lipinski definition) is 0. The van der Waals surface area contributed by atoms with Gasteiger partial charge in [-0.05, 0) is 10.6 Å². The van der Waals surface area contributed by atoms with Crippen molar-refractivity contribution in [3.05, 3.63) is 142 Å². The van der Waals surface area contributed by atoms with E-state index >= 15 is 0 Å². The molecule has 0 aliphatic heterocycles. The van der Waals surface area contributed by atoms with Crippen molar-refractivity contribution >= 4 is 37.1 Å². The van der Waals surface area contributed by atoms with Crippen LogP contribution in [0.4, 0.5) is 0 Å². The van der Waals surface area contributed by atoms with Crippen LogP contribution < -0.4 is 21.2 Å². The molecule has 3 heteroatoms. The van der Waals surface area contributed by atoms with Crippen molar-refractivity contribution in [1.82, 2.24) is 0 Å². The third-order valence-electron chi connectivity index (χ3n) is 4.65. The van der Waals surface area contributed by atoms with Crippen LogP contribution in [-0.4, -0.2) is 6.16 Å². The summed E-state index contributed by atoms with van der Waals surface area (Å²) in [6.07, 6.45) is 3.66. The number of rotatable bonds is 7. The first-order valence-electron chi connectivity index (χ1n) is 9.52. The molecule has 0 N–H and O–H groups in total. The average molecular weight is 486 g/mol. The van der Waals surface area contributed by atoms with Gasteiger partial charge in [-0.2, -0.15) is 0 Å². The Bertz CT molecular complexity index is 799. The minimum absolute atomic E-state index is 0. The third-order valence-corrected chi connectivity index (χ3v) is 9.59. The van der Waals surface area contributed by atoms with Crippen molar-refractivity contribution in [3.63, 3.8) is 0 Å². The molecule has 0 spiro atoms. The summed E-state index contributed by atoms with van der Waals surface area (Å²) in [5, 5.41) is 5.71. The molecule has 0 bridgehead atoms. The monoisotopic (exact) mass is 485 g/mol. The first-order chi connectivity index (χ1) is 13.9. The van der Waals surface area contributed by atoms with E-state index < -0.39 is 15.8 Å². The van der Waals surface area contributed by atoms with Gasteiger partial charge in [0.1, 0.15) is 0 Å². The summed E-state index contributed by atoms with van der Waals surface area (Å²) < 4.78 is 0. The maximum absolute atomic E-state index is 2.58. The summed E-state index contributed by atoms with van der Waals surface area (Å²) in [7, 11) is -0.876. The summed E-state index contributed by atoms with van der Waals surface area (Å²) in [5.74, 6) is 0. The van der Waals surface area contributed by atoms with Gasteiger partial charge in [-0.3, -0.25) is 6.16 Å². The van der Waals surface area contributed by atoms with E-state index in [-0.39, 0.29) is 31.3 Å². The molecule has 0 saturated heterocycles. The Labute approximate surface area is 201 Å². The molecular formula is C28H29NiP2. The predicted octanol–water partition coefficient (Wildman–Crippen LogP) is 6.31. The van der Waals surface area contributed by atoms with Gasteiger partial charge in [0.05, 0.1) is 0 Å². The van der Waals surface area contributed by atoms with Crippen molar-refractivity contribution in [2.24, 2.45) is 0 Å². The van der Waals surface area contributed by atoms with Gasteiger partial charge in [-0.25, -0.2) is 7.92 Å². The summed E-state index contributed by atoms with van der Waals surface area (Å²) in [6, 6.07) is 43.8. The molecule has 1 radical (unpaired) electrons. The van der Waals surface area contributed by atoms with Crippen LogP contribution in [0.15, 0.2) is 121 Å². The summed E-state index contributed by atoms with van der Waals surface area (Å²) in [4.78, 5) is 0. The van der Waals surface area contributed by atoms with Crippen molar-refractivity contribution < 1.29 is 16.5 Å². The van der Waals surface area contributed by atoms with Crippen molar-refractivity contribution in [3.8, 4) is 0 Å². The Morgan fingerprint density at radius 1 is 0.452 bits per heavy atom. The Balaban J connectivity index is 0.00000160.